The van der Waals surface area contributed by atoms with E-state index >= 15 is 0 Å². The van der Waals surface area contributed by atoms with Crippen molar-refractivity contribution in [2.75, 3.05) is 7.05 Å². The minimum Gasteiger partial charge on any atom is -0.341 e. The highest BCUT2D eigenvalue weighted by molar-refractivity contribution is 7.89. The fourth-order valence-corrected chi connectivity index (χ4v) is 5.51. The van der Waals surface area contributed by atoms with Crippen molar-refractivity contribution in [3.8, 4) is 6.07 Å². The maximum absolute atomic E-state index is 13.4. The molecule has 0 heterocycles. The molecular weight excluding hydrogens is 434 g/mol. The molecule has 6 nitrogen and oxygen atoms in total. The molecular formula is C26H33N3O3S. The minimum absolute atomic E-state index is 0.142. The molecule has 0 bridgehead atoms. The summed E-state index contributed by atoms with van der Waals surface area (Å²) in [7, 11) is -2.12. The molecule has 2 aromatic carbocycles. The van der Waals surface area contributed by atoms with Crippen LogP contribution in [-0.2, 0) is 27.7 Å². The Kier molecular flexibility index (Phi) is 8.65. The summed E-state index contributed by atoms with van der Waals surface area (Å²) in [6.07, 6.45) is 7.31. The van der Waals surface area contributed by atoms with Crippen LogP contribution >= 0.6 is 0 Å². The van der Waals surface area contributed by atoms with E-state index in [0.717, 1.165) is 56.1 Å². The van der Waals surface area contributed by atoms with Crippen LogP contribution in [0.5, 0.6) is 0 Å². The van der Waals surface area contributed by atoms with Gasteiger partial charge in [0.15, 0.2) is 0 Å². The average Bonchev–Trinajstić information content (AvgIpc) is 3.37. The summed E-state index contributed by atoms with van der Waals surface area (Å²) in [6, 6.07) is 15.1. The number of aryl methyl sites for hydroxylation is 1. The van der Waals surface area contributed by atoms with Crippen molar-refractivity contribution in [1.29, 1.82) is 5.26 Å². The van der Waals surface area contributed by atoms with Gasteiger partial charge in [-0.3, -0.25) is 4.79 Å². The second-order valence-corrected chi connectivity index (χ2v) is 10.5. The first-order valence-electron chi connectivity index (χ1n) is 11.7. The SMILES string of the molecule is CCCCc1ccc(S(=O)(=O)NC(Cc2ccc(C#N)cc2)C(=O)N(C)C2CCCC2)cc1. The molecule has 1 saturated carbocycles. The van der Waals surface area contributed by atoms with Gasteiger partial charge in [0.25, 0.3) is 0 Å². The molecule has 0 aliphatic heterocycles. The number of sulfonamides is 1. The zero-order valence-corrected chi connectivity index (χ0v) is 20.3. The van der Waals surface area contributed by atoms with E-state index in [2.05, 4.69) is 17.7 Å². The van der Waals surface area contributed by atoms with Crippen LogP contribution in [0.4, 0.5) is 0 Å². The van der Waals surface area contributed by atoms with Crippen molar-refractivity contribution in [3.63, 3.8) is 0 Å². The minimum atomic E-state index is -3.88. The second-order valence-electron chi connectivity index (χ2n) is 8.82. The number of amides is 1. The lowest BCUT2D eigenvalue weighted by Crippen LogP contribution is -2.50. The monoisotopic (exact) mass is 467 g/mol. The molecule has 7 heteroatoms. The summed E-state index contributed by atoms with van der Waals surface area (Å²) in [5.41, 5.74) is 2.42. The standard InChI is InChI=1S/C26H33N3O3S/c1-3-4-7-20-14-16-24(17-15-20)33(31,32)28-25(18-21-10-12-22(19-27)13-11-21)26(30)29(2)23-8-5-6-9-23/h10-17,23,25,28H,3-9,18H2,1-2H3. The number of nitrogens with zero attached hydrogens (tertiary/aromatic N) is 2. The Morgan fingerprint density at radius 3 is 2.27 bits per heavy atom. The molecule has 2 aromatic rings. The smallest absolute Gasteiger partial charge is 0.241 e. The molecule has 1 atom stereocenters. The number of benzene rings is 2. The van der Waals surface area contributed by atoms with Crippen LogP contribution in [-0.4, -0.2) is 38.4 Å². The Morgan fingerprint density at radius 2 is 1.70 bits per heavy atom. The van der Waals surface area contributed by atoms with Gasteiger partial charge in [0.05, 0.1) is 16.5 Å². The summed E-state index contributed by atoms with van der Waals surface area (Å²) in [4.78, 5) is 15.2. The molecule has 0 saturated heterocycles. The van der Waals surface area contributed by atoms with Gasteiger partial charge in [0.1, 0.15) is 6.04 Å². The van der Waals surface area contributed by atoms with Gasteiger partial charge in [-0.2, -0.15) is 9.98 Å². The van der Waals surface area contributed by atoms with Gasteiger partial charge >= 0.3 is 0 Å². The summed E-state index contributed by atoms with van der Waals surface area (Å²) in [5.74, 6) is -0.227. The molecule has 1 aliphatic rings. The first-order valence-corrected chi connectivity index (χ1v) is 13.2. The molecule has 1 fully saturated rings. The van der Waals surface area contributed by atoms with E-state index in [1.165, 1.54) is 0 Å². The number of carbonyl (C=O) groups excluding carboxylic acids is 1. The molecule has 0 aromatic heterocycles. The van der Waals surface area contributed by atoms with Gasteiger partial charge in [-0.25, -0.2) is 8.42 Å². The number of likely N-dealkylation sites (N-methyl/N-ethyl adjacent to an activating group) is 1. The van der Waals surface area contributed by atoms with Crippen molar-refractivity contribution in [2.45, 2.75) is 75.3 Å². The fraction of sp³-hybridized carbons (Fsp3) is 0.462. The predicted octanol–water partition coefficient (Wildman–Crippen LogP) is 4.19. The van der Waals surface area contributed by atoms with Crippen molar-refractivity contribution >= 4 is 15.9 Å². The largest absolute Gasteiger partial charge is 0.341 e. The van der Waals surface area contributed by atoms with Crippen molar-refractivity contribution in [2.24, 2.45) is 0 Å². The number of carbonyl (C=O) groups is 1. The summed E-state index contributed by atoms with van der Waals surface area (Å²) < 4.78 is 29.0. The van der Waals surface area contributed by atoms with E-state index in [0.29, 0.717) is 5.56 Å². The zero-order chi connectivity index (χ0) is 23.8. The molecule has 1 N–H and O–H groups in total. The van der Waals surface area contributed by atoms with Crippen molar-refractivity contribution < 1.29 is 13.2 Å². The van der Waals surface area contributed by atoms with Gasteiger partial charge in [-0.1, -0.05) is 50.5 Å². The lowest BCUT2D eigenvalue weighted by molar-refractivity contribution is -0.133. The quantitative estimate of drug-likeness (QED) is 0.567. The zero-order valence-electron chi connectivity index (χ0n) is 19.5. The molecule has 3 rings (SSSR count). The van der Waals surface area contributed by atoms with Crippen LogP contribution < -0.4 is 4.72 Å². The van der Waals surface area contributed by atoms with Crippen LogP contribution in [0, 0.1) is 11.3 Å². The first-order chi connectivity index (χ1) is 15.8. The predicted molar refractivity (Wildman–Crippen MR) is 129 cm³/mol. The lowest BCUT2D eigenvalue weighted by Gasteiger charge is -2.29. The van der Waals surface area contributed by atoms with Crippen LogP contribution in [0.2, 0.25) is 0 Å². The topological polar surface area (TPSA) is 90.3 Å². The highest BCUT2D eigenvalue weighted by Crippen LogP contribution is 2.24. The fourth-order valence-electron chi connectivity index (χ4n) is 4.32. The van der Waals surface area contributed by atoms with Crippen molar-refractivity contribution in [1.82, 2.24) is 9.62 Å². The Balaban J connectivity index is 1.82. The number of nitriles is 1. The maximum atomic E-state index is 13.4. The average molecular weight is 468 g/mol. The number of hydrogen-bond donors (Lipinski definition) is 1. The molecule has 176 valence electrons. The van der Waals surface area contributed by atoms with E-state index in [9.17, 15) is 13.2 Å². The van der Waals surface area contributed by atoms with Crippen LogP contribution in [0.3, 0.4) is 0 Å². The van der Waals surface area contributed by atoms with E-state index in [1.54, 1.807) is 48.3 Å². The molecule has 1 aliphatic carbocycles. The third-order valence-corrected chi connectivity index (χ3v) is 7.88. The third kappa shape index (κ3) is 6.66. The first kappa shape index (κ1) is 24.9. The molecule has 0 spiro atoms. The maximum Gasteiger partial charge on any atom is 0.241 e. The van der Waals surface area contributed by atoms with Crippen LogP contribution in [0.1, 0.15) is 62.1 Å². The van der Waals surface area contributed by atoms with Crippen molar-refractivity contribution in [3.05, 3.63) is 65.2 Å². The highest BCUT2D eigenvalue weighted by atomic mass is 32.2. The van der Waals surface area contributed by atoms with Gasteiger partial charge in [0.2, 0.25) is 15.9 Å². The number of unbranched alkanes of at least 4 members (excludes halogenated alkanes) is 1. The lowest BCUT2D eigenvalue weighted by atomic mass is 10.0. The number of hydrogen-bond acceptors (Lipinski definition) is 4. The summed E-state index contributed by atoms with van der Waals surface area (Å²) in [5, 5.41) is 9.04. The Labute approximate surface area is 197 Å². The van der Waals surface area contributed by atoms with Crippen LogP contribution in [0.25, 0.3) is 0 Å². The summed E-state index contributed by atoms with van der Waals surface area (Å²) in [6.45, 7) is 2.12. The van der Waals surface area contributed by atoms with Gasteiger partial charge in [0, 0.05) is 13.1 Å². The normalized spacial score (nSPS) is 15.2. The molecule has 33 heavy (non-hydrogen) atoms. The highest BCUT2D eigenvalue weighted by Gasteiger charge is 2.32. The summed E-state index contributed by atoms with van der Waals surface area (Å²) >= 11 is 0. The Bertz CT molecular complexity index is 1070. The van der Waals surface area contributed by atoms with Gasteiger partial charge < -0.3 is 4.90 Å². The van der Waals surface area contributed by atoms with Crippen LogP contribution in [0.15, 0.2) is 53.4 Å². The van der Waals surface area contributed by atoms with Gasteiger partial charge in [-0.15, -0.1) is 0 Å². The van der Waals surface area contributed by atoms with E-state index in [1.807, 2.05) is 12.1 Å². The third-order valence-electron chi connectivity index (χ3n) is 6.39. The van der Waals surface area contributed by atoms with E-state index in [-0.39, 0.29) is 23.3 Å². The van der Waals surface area contributed by atoms with Gasteiger partial charge in [-0.05, 0) is 67.5 Å². The van der Waals surface area contributed by atoms with E-state index in [4.69, 9.17) is 5.26 Å². The molecule has 1 amide bonds. The molecule has 0 radical (unpaired) electrons. The number of rotatable bonds is 10. The van der Waals surface area contributed by atoms with E-state index < -0.39 is 16.1 Å². The number of nitrogens with one attached hydrogen (secondary N) is 1. The second kappa shape index (κ2) is 11.4. The molecule has 1 unspecified atom stereocenters. The Morgan fingerprint density at radius 1 is 1.09 bits per heavy atom. The Hall–Kier alpha value is -2.69.